The molecule has 3 N–H and O–H groups in total. The highest BCUT2D eigenvalue weighted by Crippen LogP contribution is 2.27. The summed E-state index contributed by atoms with van der Waals surface area (Å²) < 4.78 is 10.7. The van der Waals surface area contributed by atoms with E-state index in [0.29, 0.717) is 24.5 Å². The highest BCUT2D eigenvalue weighted by atomic mass is 16.6. The van der Waals surface area contributed by atoms with Gasteiger partial charge in [-0.1, -0.05) is 19.9 Å². The van der Waals surface area contributed by atoms with Gasteiger partial charge in [0, 0.05) is 18.8 Å². The largest absolute Gasteiger partial charge is 0.462 e. The molecule has 0 bridgehead atoms. The Kier molecular flexibility index (Phi) is 6.17. The summed E-state index contributed by atoms with van der Waals surface area (Å²) in [6.45, 7) is 4.09. The van der Waals surface area contributed by atoms with Crippen LogP contribution in [-0.4, -0.2) is 63.9 Å². The molecule has 0 spiro atoms. The molecule has 2 unspecified atom stereocenters. The molecular weight excluding hydrogens is 302 g/mol. The second-order valence-corrected chi connectivity index (χ2v) is 6.24. The Hall–Kier alpha value is -1.41. The van der Waals surface area contributed by atoms with E-state index in [-0.39, 0.29) is 6.61 Å². The lowest BCUT2D eigenvalue weighted by atomic mass is 10.1. The molecule has 2 aliphatic rings. The van der Waals surface area contributed by atoms with Gasteiger partial charge in [-0.05, 0) is 12.3 Å². The average molecular weight is 327 g/mol. The normalized spacial score (nSPS) is 30.7. The minimum Gasteiger partial charge on any atom is -0.462 e. The zero-order valence-electron chi connectivity index (χ0n) is 13.5. The zero-order chi connectivity index (χ0) is 17.0. The van der Waals surface area contributed by atoms with Crippen LogP contribution in [0.2, 0.25) is 0 Å². The van der Waals surface area contributed by atoms with Crippen LogP contribution in [0, 0.1) is 5.92 Å². The highest BCUT2D eigenvalue weighted by Gasteiger charge is 2.44. The van der Waals surface area contributed by atoms with Gasteiger partial charge in [-0.3, -0.25) is 0 Å². The third kappa shape index (κ3) is 4.32. The van der Waals surface area contributed by atoms with E-state index in [1.165, 1.54) is 4.90 Å². The molecule has 1 fully saturated rings. The van der Waals surface area contributed by atoms with Gasteiger partial charge in [0.25, 0.3) is 0 Å². The monoisotopic (exact) mass is 327 g/mol. The number of allylic oxidation sites excluding steroid dienone is 1. The summed E-state index contributed by atoms with van der Waals surface area (Å²) in [5.74, 6) is 0.0604. The number of carbonyl (C=O) groups excluding carboxylic acids is 1. The van der Waals surface area contributed by atoms with E-state index >= 15 is 0 Å². The minimum atomic E-state index is -1.18. The van der Waals surface area contributed by atoms with Crippen LogP contribution in [0.1, 0.15) is 26.7 Å². The van der Waals surface area contributed by atoms with Gasteiger partial charge in [0.05, 0.1) is 18.8 Å². The zero-order valence-corrected chi connectivity index (χ0v) is 13.5. The van der Waals surface area contributed by atoms with Crippen molar-refractivity contribution in [2.24, 2.45) is 5.92 Å². The Morgan fingerprint density at radius 2 is 2.17 bits per heavy atom. The number of carbonyl (C=O) groups is 1. The number of aliphatic hydroxyl groups excluding tert-OH is 3. The van der Waals surface area contributed by atoms with Gasteiger partial charge in [-0.2, -0.15) is 0 Å². The van der Waals surface area contributed by atoms with Gasteiger partial charge in [-0.25, -0.2) is 4.79 Å². The maximum atomic E-state index is 12.1. The van der Waals surface area contributed by atoms with Crippen LogP contribution in [0.5, 0.6) is 0 Å². The Morgan fingerprint density at radius 1 is 1.43 bits per heavy atom. The average Bonchev–Trinajstić information content (AvgIpc) is 2.82. The molecule has 1 saturated heterocycles. The van der Waals surface area contributed by atoms with E-state index in [9.17, 15) is 15.0 Å². The lowest BCUT2D eigenvalue weighted by Gasteiger charge is -2.28. The molecule has 7 heteroatoms. The fraction of sp³-hybridized carbons (Fsp3) is 0.688. The van der Waals surface area contributed by atoms with E-state index in [4.69, 9.17) is 14.6 Å². The van der Waals surface area contributed by atoms with Crippen molar-refractivity contribution in [2.45, 2.75) is 51.2 Å². The Balaban J connectivity index is 1.98. The molecule has 0 amide bonds. The van der Waals surface area contributed by atoms with Crippen LogP contribution in [-0.2, 0) is 14.3 Å². The minimum absolute atomic E-state index is 0.366. The number of aliphatic hydroxyl groups is 3. The molecule has 0 saturated carbocycles. The first-order valence-corrected chi connectivity index (χ1v) is 7.88. The molecular formula is C16H25NO6. The fourth-order valence-electron chi connectivity index (χ4n) is 2.48. The number of nitrogens with zero attached hydrogens (tertiary/aromatic N) is 1. The summed E-state index contributed by atoms with van der Waals surface area (Å²) in [7, 11) is 0. The quantitative estimate of drug-likeness (QED) is 0.596. The summed E-state index contributed by atoms with van der Waals surface area (Å²) in [5.41, 5.74) is 0.453. The summed E-state index contributed by atoms with van der Waals surface area (Å²) in [5, 5.41) is 29.0. The number of hydrogen-bond donors (Lipinski definition) is 3. The van der Waals surface area contributed by atoms with Gasteiger partial charge in [0.15, 0.2) is 6.23 Å². The Morgan fingerprint density at radius 3 is 2.78 bits per heavy atom. The van der Waals surface area contributed by atoms with Gasteiger partial charge in [0.1, 0.15) is 18.3 Å². The van der Waals surface area contributed by atoms with E-state index < -0.39 is 30.5 Å². The molecule has 0 radical (unpaired) electrons. The lowest BCUT2D eigenvalue weighted by molar-refractivity contribution is -0.139. The summed E-state index contributed by atoms with van der Waals surface area (Å²) in [6, 6.07) is 0. The SMILES string of the molecule is CC(C)CCOC(=O)C1=CN([C@@H]2OC(CO)[C@@H](O)C2O)C=CC1. The number of esters is 1. The topological polar surface area (TPSA) is 99.5 Å². The molecule has 2 rings (SSSR count). The van der Waals surface area contributed by atoms with Gasteiger partial charge >= 0.3 is 5.97 Å². The summed E-state index contributed by atoms with van der Waals surface area (Å²) in [4.78, 5) is 13.6. The van der Waals surface area contributed by atoms with Crippen molar-refractivity contribution in [1.29, 1.82) is 0 Å². The second kappa shape index (κ2) is 7.92. The van der Waals surface area contributed by atoms with Crippen molar-refractivity contribution >= 4 is 5.97 Å². The van der Waals surface area contributed by atoms with E-state index in [0.717, 1.165) is 6.42 Å². The predicted octanol–water partition coefficient (Wildman–Crippen LogP) is 0.118. The number of rotatable bonds is 6. The molecule has 0 aromatic carbocycles. The highest BCUT2D eigenvalue weighted by molar-refractivity contribution is 5.88. The van der Waals surface area contributed by atoms with Crippen LogP contribution in [0.15, 0.2) is 24.0 Å². The predicted molar refractivity (Wildman–Crippen MR) is 81.9 cm³/mol. The Labute approximate surface area is 135 Å². The first-order chi connectivity index (χ1) is 10.9. The van der Waals surface area contributed by atoms with Gasteiger partial charge in [-0.15, -0.1) is 0 Å². The van der Waals surface area contributed by atoms with Crippen molar-refractivity contribution in [3.8, 4) is 0 Å². The van der Waals surface area contributed by atoms with Crippen molar-refractivity contribution in [3.63, 3.8) is 0 Å². The molecule has 4 atom stereocenters. The Bertz CT molecular complexity index is 475. The maximum Gasteiger partial charge on any atom is 0.335 e. The molecule has 130 valence electrons. The third-order valence-electron chi connectivity index (χ3n) is 3.92. The second-order valence-electron chi connectivity index (χ2n) is 6.24. The molecule has 0 aromatic rings. The number of ether oxygens (including phenoxy) is 2. The maximum absolute atomic E-state index is 12.1. The molecule has 7 nitrogen and oxygen atoms in total. The standard InChI is InChI=1S/C16H25NO6/c1-10(2)5-7-22-16(21)11-4-3-6-17(8-11)15-14(20)13(19)12(9-18)23-15/h3,6,8,10,12-15,18-20H,4-5,7,9H2,1-2H3/t12?,13-,14?,15-/m1/s1. The molecule has 2 aliphatic heterocycles. The first kappa shape index (κ1) is 17.9. The van der Waals surface area contributed by atoms with Crippen molar-refractivity contribution in [2.75, 3.05) is 13.2 Å². The van der Waals surface area contributed by atoms with E-state index in [2.05, 4.69) is 13.8 Å². The lowest BCUT2D eigenvalue weighted by Crippen LogP contribution is -2.40. The first-order valence-electron chi connectivity index (χ1n) is 7.88. The van der Waals surface area contributed by atoms with E-state index in [1.807, 2.05) is 0 Å². The molecule has 0 aromatic heterocycles. The summed E-state index contributed by atoms with van der Waals surface area (Å²) >= 11 is 0. The number of hydrogen-bond acceptors (Lipinski definition) is 7. The van der Waals surface area contributed by atoms with Crippen LogP contribution in [0.25, 0.3) is 0 Å². The van der Waals surface area contributed by atoms with E-state index in [1.54, 1.807) is 18.5 Å². The smallest absolute Gasteiger partial charge is 0.335 e. The van der Waals surface area contributed by atoms with Crippen LogP contribution < -0.4 is 0 Å². The van der Waals surface area contributed by atoms with Crippen LogP contribution >= 0.6 is 0 Å². The van der Waals surface area contributed by atoms with Crippen molar-refractivity contribution < 1.29 is 29.6 Å². The van der Waals surface area contributed by atoms with Crippen LogP contribution in [0.3, 0.4) is 0 Å². The molecule has 2 heterocycles. The molecule has 23 heavy (non-hydrogen) atoms. The fourth-order valence-corrected chi connectivity index (χ4v) is 2.48. The van der Waals surface area contributed by atoms with Crippen molar-refractivity contribution in [1.82, 2.24) is 4.90 Å². The van der Waals surface area contributed by atoms with Crippen LogP contribution in [0.4, 0.5) is 0 Å². The molecule has 0 aliphatic carbocycles. The van der Waals surface area contributed by atoms with Gasteiger partial charge < -0.3 is 29.7 Å². The van der Waals surface area contributed by atoms with Gasteiger partial charge in [0.2, 0.25) is 0 Å². The third-order valence-corrected chi connectivity index (χ3v) is 3.92. The van der Waals surface area contributed by atoms with Crippen molar-refractivity contribution in [3.05, 3.63) is 24.0 Å². The summed E-state index contributed by atoms with van der Waals surface area (Å²) in [6.07, 6.45) is 2.17.